The molecule has 0 bridgehead atoms. The van der Waals surface area contributed by atoms with E-state index in [0.717, 1.165) is 72.9 Å². The van der Waals surface area contributed by atoms with Crippen molar-refractivity contribution in [3.63, 3.8) is 0 Å². The number of carboxylic acid groups (broad SMARTS) is 1. The van der Waals surface area contributed by atoms with E-state index >= 15 is 0 Å². The Balaban J connectivity index is 1.32. The molecule has 8 heteroatoms. The monoisotopic (exact) mass is 554 g/mol. The fourth-order valence-electron chi connectivity index (χ4n) is 6.24. The van der Waals surface area contributed by atoms with Gasteiger partial charge in [0.1, 0.15) is 0 Å². The van der Waals surface area contributed by atoms with Crippen LogP contribution in [0.3, 0.4) is 0 Å². The quantitative estimate of drug-likeness (QED) is 0.297. The number of benzene rings is 2. The van der Waals surface area contributed by atoms with Crippen molar-refractivity contribution in [2.24, 2.45) is 5.92 Å². The molecule has 8 nitrogen and oxygen atoms in total. The lowest BCUT2D eigenvalue weighted by Crippen LogP contribution is -2.50. The Kier molecular flexibility index (Phi) is 8.38. The number of anilines is 1. The van der Waals surface area contributed by atoms with Gasteiger partial charge < -0.3 is 20.6 Å². The van der Waals surface area contributed by atoms with E-state index in [1.165, 1.54) is 0 Å². The number of amides is 3. The Labute approximate surface area is 241 Å². The van der Waals surface area contributed by atoms with E-state index in [9.17, 15) is 19.5 Å². The number of nitrogens with one attached hydrogen (secondary N) is 2. The van der Waals surface area contributed by atoms with Crippen LogP contribution in [-0.2, 0) is 15.1 Å². The molecule has 3 aromatic rings. The third kappa shape index (κ3) is 6.42. The van der Waals surface area contributed by atoms with Crippen molar-refractivity contribution < 1.29 is 19.5 Å². The molecule has 0 aliphatic heterocycles. The lowest BCUT2D eigenvalue weighted by molar-refractivity contribution is -0.130. The minimum Gasteiger partial charge on any atom is -0.465 e. The summed E-state index contributed by atoms with van der Waals surface area (Å²) in [5.41, 5.74) is 4.71. The Morgan fingerprint density at radius 2 is 1.66 bits per heavy atom. The highest BCUT2D eigenvalue weighted by Gasteiger charge is 2.40. The number of hydrogen-bond donors (Lipinski definition) is 3. The van der Waals surface area contributed by atoms with Crippen LogP contribution >= 0.6 is 0 Å². The maximum atomic E-state index is 13.0. The maximum absolute atomic E-state index is 13.0. The van der Waals surface area contributed by atoms with Crippen LogP contribution < -0.4 is 10.6 Å². The Hall–Kier alpha value is -4.20. The third-order valence-corrected chi connectivity index (χ3v) is 8.86. The van der Waals surface area contributed by atoms with Crippen LogP contribution in [0.4, 0.5) is 10.5 Å². The van der Waals surface area contributed by atoms with Crippen molar-refractivity contribution in [1.82, 2.24) is 15.2 Å². The molecule has 3 N–H and O–H groups in total. The van der Waals surface area contributed by atoms with Crippen LogP contribution in [-0.4, -0.2) is 46.0 Å². The topological polar surface area (TPSA) is 112 Å². The largest absolute Gasteiger partial charge is 0.465 e. The van der Waals surface area contributed by atoms with Crippen LogP contribution in [0.5, 0.6) is 0 Å². The smallest absolute Gasteiger partial charge is 0.405 e. The summed E-state index contributed by atoms with van der Waals surface area (Å²) in [7, 11) is 1.86. The van der Waals surface area contributed by atoms with Gasteiger partial charge in [-0.1, -0.05) is 54.6 Å². The molecule has 0 spiro atoms. The summed E-state index contributed by atoms with van der Waals surface area (Å²) in [5.74, 6) is 0.369. The predicted molar refractivity (Wildman–Crippen MR) is 159 cm³/mol. The van der Waals surface area contributed by atoms with Crippen LogP contribution in [0.2, 0.25) is 0 Å². The first-order valence-electron chi connectivity index (χ1n) is 14.4. The average molecular weight is 555 g/mol. The first-order chi connectivity index (χ1) is 19.7. The second kappa shape index (κ2) is 12.1. The number of aromatic nitrogens is 1. The minimum atomic E-state index is -1.01. The van der Waals surface area contributed by atoms with Gasteiger partial charge in [-0.05, 0) is 68.1 Å². The second-order valence-corrected chi connectivity index (χ2v) is 11.5. The predicted octanol–water partition coefficient (Wildman–Crippen LogP) is 6.43. The number of rotatable bonds is 8. The van der Waals surface area contributed by atoms with Crippen molar-refractivity contribution in [3.8, 4) is 22.4 Å². The molecule has 1 aromatic heterocycles. The first kappa shape index (κ1) is 28.3. The van der Waals surface area contributed by atoms with Gasteiger partial charge in [0.25, 0.3) is 0 Å². The minimum absolute atomic E-state index is 0.0250. The Morgan fingerprint density at radius 3 is 2.24 bits per heavy atom. The summed E-state index contributed by atoms with van der Waals surface area (Å²) < 4.78 is 0. The van der Waals surface area contributed by atoms with Crippen molar-refractivity contribution in [2.75, 3.05) is 12.4 Å². The van der Waals surface area contributed by atoms with E-state index in [0.29, 0.717) is 18.0 Å². The number of pyridine rings is 1. The molecule has 2 aromatic carbocycles. The number of carbonyl (C=O) groups excluding carboxylic acids is 2. The zero-order valence-corrected chi connectivity index (χ0v) is 23.7. The highest BCUT2D eigenvalue weighted by molar-refractivity contribution is 5.93. The molecule has 2 aliphatic rings. The molecule has 0 atom stereocenters. The molecule has 5 rings (SSSR count). The fourth-order valence-corrected chi connectivity index (χ4v) is 6.24. The zero-order valence-electron chi connectivity index (χ0n) is 23.7. The average Bonchev–Trinajstić information content (AvgIpc) is 2.95. The summed E-state index contributed by atoms with van der Waals surface area (Å²) in [6, 6.07) is 20.2. The molecular formula is C33H38N4O4. The van der Waals surface area contributed by atoms with E-state index < -0.39 is 11.6 Å². The molecule has 0 unspecified atom stereocenters. The summed E-state index contributed by atoms with van der Waals surface area (Å²) in [4.78, 5) is 42.7. The molecule has 1 heterocycles. The van der Waals surface area contributed by atoms with Crippen molar-refractivity contribution in [3.05, 3.63) is 72.4 Å². The molecule has 3 amide bonds. The van der Waals surface area contributed by atoms with Gasteiger partial charge in [0.15, 0.2) is 0 Å². The summed E-state index contributed by atoms with van der Waals surface area (Å²) in [6.45, 7) is 1.60. The zero-order chi connectivity index (χ0) is 29.0. The van der Waals surface area contributed by atoms with Gasteiger partial charge in [-0.25, -0.2) is 4.79 Å². The van der Waals surface area contributed by atoms with Crippen molar-refractivity contribution in [1.29, 1.82) is 0 Å². The van der Waals surface area contributed by atoms with Gasteiger partial charge >= 0.3 is 6.09 Å². The van der Waals surface area contributed by atoms with Crippen LogP contribution in [0, 0.1) is 5.92 Å². The highest BCUT2D eigenvalue weighted by Crippen LogP contribution is 2.42. The molecule has 41 heavy (non-hydrogen) atoms. The molecule has 0 radical (unpaired) electrons. The SMILES string of the molecule is CC(=O)N(C)C1CCC(CC(=O)Nc2cnc(-c3ccc(C4(NC(=O)O)CCC4)cc3)c(-c3ccccc3)c2)CC1. The second-order valence-electron chi connectivity index (χ2n) is 11.5. The first-order valence-corrected chi connectivity index (χ1v) is 14.4. The van der Waals surface area contributed by atoms with E-state index in [4.69, 9.17) is 4.98 Å². The van der Waals surface area contributed by atoms with E-state index in [-0.39, 0.29) is 17.9 Å². The van der Waals surface area contributed by atoms with Crippen LogP contribution in [0.15, 0.2) is 66.9 Å². The van der Waals surface area contributed by atoms with Gasteiger partial charge in [-0.15, -0.1) is 0 Å². The third-order valence-electron chi connectivity index (χ3n) is 8.86. The lowest BCUT2D eigenvalue weighted by Gasteiger charge is -2.42. The van der Waals surface area contributed by atoms with E-state index in [1.807, 2.05) is 72.6 Å². The molecule has 2 fully saturated rings. The number of nitrogens with zero attached hydrogens (tertiary/aromatic N) is 2. The molecule has 2 aliphatic carbocycles. The maximum Gasteiger partial charge on any atom is 0.405 e. The standard InChI is InChI=1S/C33H38N4O4/c1-22(38)37(2)28-15-9-23(10-16-28)19-30(39)35-27-20-29(24-7-4-3-5-8-24)31(34-21-27)25-11-13-26(14-12-25)33(17-6-18-33)36-32(40)41/h3-5,7-8,11-14,20-21,23,28,36H,6,9-10,15-19H2,1-2H3,(H,35,39)(H,40,41). The normalized spacial score (nSPS) is 19.5. The van der Waals surface area contributed by atoms with Crippen molar-refractivity contribution >= 4 is 23.6 Å². The summed E-state index contributed by atoms with van der Waals surface area (Å²) >= 11 is 0. The fraction of sp³-hybridized carbons (Fsp3) is 0.394. The summed E-state index contributed by atoms with van der Waals surface area (Å²) in [5, 5.41) is 15.1. The molecule has 0 saturated heterocycles. The van der Waals surface area contributed by atoms with Gasteiger partial charge in [0.2, 0.25) is 11.8 Å². The molecule has 214 valence electrons. The number of carbonyl (C=O) groups is 3. The lowest BCUT2D eigenvalue weighted by atomic mass is 9.71. The molecular weight excluding hydrogens is 516 g/mol. The Bertz CT molecular complexity index is 1390. The van der Waals surface area contributed by atoms with E-state index in [2.05, 4.69) is 10.6 Å². The van der Waals surface area contributed by atoms with Crippen molar-refractivity contribution in [2.45, 2.75) is 69.9 Å². The van der Waals surface area contributed by atoms with Gasteiger partial charge in [-0.3, -0.25) is 14.6 Å². The molecule has 2 saturated carbocycles. The van der Waals surface area contributed by atoms with Crippen LogP contribution in [0.1, 0.15) is 63.9 Å². The number of hydrogen-bond acceptors (Lipinski definition) is 4. The van der Waals surface area contributed by atoms with Gasteiger partial charge in [0, 0.05) is 37.6 Å². The Morgan fingerprint density at radius 1 is 0.976 bits per heavy atom. The van der Waals surface area contributed by atoms with Gasteiger partial charge in [0.05, 0.1) is 23.1 Å². The van der Waals surface area contributed by atoms with Gasteiger partial charge in [-0.2, -0.15) is 0 Å². The van der Waals surface area contributed by atoms with Crippen LogP contribution in [0.25, 0.3) is 22.4 Å². The van der Waals surface area contributed by atoms with E-state index in [1.54, 1.807) is 13.1 Å². The highest BCUT2D eigenvalue weighted by atomic mass is 16.4. The summed E-state index contributed by atoms with van der Waals surface area (Å²) in [6.07, 6.45) is 7.43.